The Morgan fingerprint density at radius 2 is 1.90 bits per heavy atom. The lowest BCUT2D eigenvalue weighted by atomic mass is 9.87. The number of nitrogens with one attached hydrogen (secondary N) is 3. The molecule has 1 aromatic carbocycles. The molecule has 0 bridgehead atoms. The minimum Gasteiger partial charge on any atom is -0.358 e. The fourth-order valence-electron chi connectivity index (χ4n) is 5.72. The number of nitrogens with zero attached hydrogens (tertiary/aromatic N) is 2. The summed E-state index contributed by atoms with van der Waals surface area (Å²) < 4.78 is 14.1. The predicted molar refractivity (Wildman–Crippen MR) is 173 cm³/mol. The summed E-state index contributed by atoms with van der Waals surface area (Å²) >= 11 is 0. The Kier molecular flexibility index (Phi) is 8.82. The van der Waals surface area contributed by atoms with Gasteiger partial charge in [-0.3, -0.25) is 10.1 Å². The number of aryl methyl sites for hydroxylation is 1. The Bertz CT molecular complexity index is 1780. The van der Waals surface area contributed by atoms with Crippen LogP contribution in [-0.4, -0.2) is 20.2 Å². The number of allylic oxidation sites excluding steroid dienone is 5. The van der Waals surface area contributed by atoms with Gasteiger partial charge in [-0.05, 0) is 79.7 Å². The highest BCUT2D eigenvalue weighted by Gasteiger charge is 2.18. The van der Waals surface area contributed by atoms with E-state index in [-0.39, 0.29) is 5.82 Å². The maximum absolute atomic E-state index is 14.1. The van der Waals surface area contributed by atoms with Crippen molar-refractivity contribution in [2.24, 2.45) is 5.92 Å². The first-order valence-corrected chi connectivity index (χ1v) is 14.5. The average Bonchev–Trinajstić information content (AvgIpc) is 3.56. The number of aromatic nitrogens is 4. The third-order valence-electron chi connectivity index (χ3n) is 7.95. The van der Waals surface area contributed by atoms with Gasteiger partial charge in [0.05, 0.1) is 22.9 Å². The number of pyridine rings is 1. The lowest BCUT2D eigenvalue weighted by Crippen LogP contribution is -2.22. The summed E-state index contributed by atoms with van der Waals surface area (Å²) in [4.78, 5) is 8.00. The zero-order valence-electron chi connectivity index (χ0n) is 24.4. The molecule has 5 nitrogen and oxygen atoms in total. The van der Waals surface area contributed by atoms with Crippen LogP contribution in [0, 0.1) is 18.7 Å². The van der Waals surface area contributed by atoms with E-state index in [1.165, 1.54) is 44.2 Å². The van der Waals surface area contributed by atoms with E-state index in [2.05, 4.69) is 63.4 Å². The summed E-state index contributed by atoms with van der Waals surface area (Å²) in [5, 5.41) is 12.8. The van der Waals surface area contributed by atoms with Crippen molar-refractivity contribution < 1.29 is 4.39 Å². The fourth-order valence-corrected chi connectivity index (χ4v) is 5.72. The van der Waals surface area contributed by atoms with E-state index in [1.54, 1.807) is 12.1 Å². The molecule has 3 aromatic heterocycles. The van der Waals surface area contributed by atoms with Crippen LogP contribution in [0.4, 0.5) is 10.1 Å². The number of hydrogen-bond donors (Lipinski definition) is 3. The smallest absolute Gasteiger partial charge is 0.123 e. The molecule has 0 atom stereocenters. The summed E-state index contributed by atoms with van der Waals surface area (Å²) in [5.74, 6) is 0.224. The van der Waals surface area contributed by atoms with Crippen molar-refractivity contribution >= 4 is 29.5 Å². The SMILES string of the molecule is C=C/C=C(/c1cccc(F)c1)c1cc(-c2n[nH]c(=C)/c2=C\C(=C/C)c2cncc(NC(=C)C3CCCCC3)c2)[nH]c1C. The Morgan fingerprint density at radius 1 is 1.10 bits per heavy atom. The van der Waals surface area contributed by atoms with E-state index in [0.717, 1.165) is 61.5 Å². The van der Waals surface area contributed by atoms with E-state index < -0.39 is 0 Å². The summed E-state index contributed by atoms with van der Waals surface area (Å²) in [6.07, 6.45) is 17.7. The zero-order valence-corrected chi connectivity index (χ0v) is 24.4. The minimum absolute atomic E-state index is 0.285. The largest absolute Gasteiger partial charge is 0.358 e. The number of rotatable bonds is 9. The highest BCUT2D eigenvalue weighted by Crippen LogP contribution is 2.31. The zero-order chi connectivity index (χ0) is 29.6. The minimum atomic E-state index is -0.285. The van der Waals surface area contributed by atoms with Crippen LogP contribution in [0.3, 0.4) is 0 Å². The van der Waals surface area contributed by atoms with Gasteiger partial charge in [-0.2, -0.15) is 5.10 Å². The lowest BCUT2D eigenvalue weighted by Gasteiger charge is -2.24. The van der Waals surface area contributed by atoms with Crippen LogP contribution in [0.5, 0.6) is 0 Å². The molecule has 0 unspecified atom stereocenters. The van der Waals surface area contributed by atoms with Crippen molar-refractivity contribution in [3.05, 3.63) is 125 Å². The number of benzene rings is 1. The third kappa shape index (κ3) is 6.28. The lowest BCUT2D eigenvalue weighted by molar-refractivity contribution is 0.405. The molecule has 42 heavy (non-hydrogen) atoms. The number of aromatic amines is 2. The first-order valence-electron chi connectivity index (χ1n) is 14.5. The van der Waals surface area contributed by atoms with Gasteiger partial charge in [-0.1, -0.05) is 69.4 Å². The highest BCUT2D eigenvalue weighted by molar-refractivity contribution is 5.90. The molecule has 1 saturated carbocycles. The molecule has 6 heteroatoms. The standard InChI is InChI=1S/C36H38FN5/c1-6-12-32(28-15-11-16-30(37)17-28)33-20-35(40-24(33)4)36-34(25(5)41-42-36)19-26(7-2)29-18-31(22-38-21-29)39-23(3)27-13-9-8-10-14-27/h6-7,11-12,15-22,27,39-41H,1,3,5,8-10,13-14H2,2,4H3/b26-7+,32-12-,34-19+. The van der Waals surface area contributed by atoms with Crippen molar-refractivity contribution in [3.63, 3.8) is 0 Å². The van der Waals surface area contributed by atoms with Crippen molar-refractivity contribution in [1.82, 2.24) is 20.2 Å². The van der Waals surface area contributed by atoms with Crippen molar-refractivity contribution in [1.29, 1.82) is 0 Å². The van der Waals surface area contributed by atoms with Crippen LogP contribution >= 0.6 is 0 Å². The number of hydrogen-bond acceptors (Lipinski definition) is 3. The second kappa shape index (κ2) is 12.9. The van der Waals surface area contributed by atoms with Gasteiger partial charge in [0.2, 0.25) is 0 Å². The van der Waals surface area contributed by atoms with Gasteiger partial charge in [0.1, 0.15) is 11.5 Å². The van der Waals surface area contributed by atoms with Crippen molar-refractivity contribution in [2.75, 3.05) is 5.32 Å². The third-order valence-corrected chi connectivity index (χ3v) is 7.95. The maximum atomic E-state index is 14.1. The van der Waals surface area contributed by atoms with E-state index in [4.69, 9.17) is 0 Å². The number of anilines is 1. The topological polar surface area (TPSA) is 69.4 Å². The summed E-state index contributed by atoms with van der Waals surface area (Å²) in [6, 6.07) is 10.7. The maximum Gasteiger partial charge on any atom is 0.123 e. The molecule has 1 aliphatic rings. The van der Waals surface area contributed by atoms with Gasteiger partial charge in [-0.15, -0.1) is 0 Å². The van der Waals surface area contributed by atoms with Crippen LogP contribution in [0.25, 0.3) is 35.2 Å². The van der Waals surface area contributed by atoms with Crippen LogP contribution in [0.1, 0.15) is 61.4 Å². The molecule has 0 aliphatic heterocycles. The van der Waals surface area contributed by atoms with Gasteiger partial charge < -0.3 is 10.3 Å². The van der Waals surface area contributed by atoms with Gasteiger partial charge in [0, 0.05) is 33.9 Å². The van der Waals surface area contributed by atoms with Gasteiger partial charge in [-0.25, -0.2) is 4.39 Å². The molecule has 0 radical (unpaired) electrons. The van der Waals surface area contributed by atoms with Gasteiger partial charge in [0.15, 0.2) is 0 Å². The van der Waals surface area contributed by atoms with Gasteiger partial charge in [0.25, 0.3) is 0 Å². The molecular formula is C36H38FN5. The fraction of sp³-hybridized carbons (Fsp3) is 0.222. The van der Waals surface area contributed by atoms with E-state index in [0.29, 0.717) is 11.3 Å². The molecule has 4 aromatic rings. The molecule has 0 saturated heterocycles. The highest BCUT2D eigenvalue weighted by atomic mass is 19.1. The number of halogens is 1. The molecular weight excluding hydrogens is 521 g/mol. The van der Waals surface area contributed by atoms with Crippen LogP contribution in [0.15, 0.2) is 85.9 Å². The summed E-state index contributed by atoms with van der Waals surface area (Å²) in [7, 11) is 0. The first kappa shape index (κ1) is 28.8. The first-order chi connectivity index (χ1) is 20.4. The molecule has 1 fully saturated rings. The van der Waals surface area contributed by atoms with Crippen LogP contribution < -0.4 is 15.9 Å². The van der Waals surface area contributed by atoms with Crippen molar-refractivity contribution in [2.45, 2.75) is 46.0 Å². The van der Waals surface area contributed by atoms with Gasteiger partial charge >= 0.3 is 0 Å². The molecule has 3 N–H and O–H groups in total. The Labute approximate surface area is 247 Å². The Hall–Kier alpha value is -4.71. The van der Waals surface area contributed by atoms with E-state index in [1.807, 2.05) is 44.4 Å². The molecule has 0 amide bonds. The quantitative estimate of drug-likeness (QED) is 0.184. The van der Waals surface area contributed by atoms with Crippen molar-refractivity contribution in [3.8, 4) is 11.4 Å². The second-order valence-corrected chi connectivity index (χ2v) is 10.8. The Balaban J connectivity index is 1.48. The monoisotopic (exact) mass is 559 g/mol. The van der Waals surface area contributed by atoms with Crippen LogP contribution in [0.2, 0.25) is 0 Å². The second-order valence-electron chi connectivity index (χ2n) is 10.8. The molecule has 214 valence electrons. The van der Waals surface area contributed by atoms with E-state index >= 15 is 0 Å². The molecule has 0 spiro atoms. The predicted octanol–water partition coefficient (Wildman–Crippen LogP) is 7.67. The molecule has 3 heterocycles. The molecule has 1 aliphatic carbocycles. The normalized spacial score (nSPS) is 15.2. The average molecular weight is 560 g/mol. The summed E-state index contributed by atoms with van der Waals surface area (Å²) in [5.41, 5.74) is 9.10. The molecule has 5 rings (SSSR count). The van der Waals surface area contributed by atoms with Crippen LogP contribution in [-0.2, 0) is 0 Å². The number of H-pyrrole nitrogens is 2. The van der Waals surface area contributed by atoms with E-state index in [9.17, 15) is 4.39 Å². The summed E-state index contributed by atoms with van der Waals surface area (Å²) in [6.45, 7) is 16.4. The Morgan fingerprint density at radius 3 is 2.64 bits per heavy atom.